The molecule has 0 unspecified atom stereocenters. The first-order chi connectivity index (χ1) is 25.2. The lowest BCUT2D eigenvalue weighted by atomic mass is 9.93. The maximum absolute atomic E-state index is 11.5. The predicted octanol–water partition coefficient (Wildman–Crippen LogP) is 6.81. The van der Waals surface area contributed by atoms with Gasteiger partial charge in [-0.1, -0.05) is 30.3 Å². The second kappa shape index (κ2) is 13.8. The number of carbonyl (C=O) groups is 1. The summed E-state index contributed by atoms with van der Waals surface area (Å²) >= 11 is 0. The molecule has 0 saturated carbocycles. The van der Waals surface area contributed by atoms with E-state index in [-0.39, 0.29) is 12.0 Å². The van der Waals surface area contributed by atoms with Crippen molar-refractivity contribution in [1.29, 1.82) is 5.26 Å². The number of benzene rings is 3. The number of likely N-dealkylation sites (tertiary alicyclic amines) is 2. The Balaban J connectivity index is 1.07. The quantitative estimate of drug-likeness (QED) is 0.146. The van der Waals surface area contributed by atoms with Gasteiger partial charge in [0.1, 0.15) is 22.7 Å². The fourth-order valence-corrected chi connectivity index (χ4v) is 7.67. The fraction of sp³-hybridized carbons (Fsp3) is 0.293. The van der Waals surface area contributed by atoms with Gasteiger partial charge in [-0.2, -0.15) is 5.26 Å². The Hall–Kier alpha value is -5.67. The Labute approximate surface area is 301 Å². The molecule has 2 atom stereocenters. The Kier molecular flexibility index (Phi) is 8.89. The number of hydrogen-bond donors (Lipinski definition) is 3. The molecule has 3 aromatic heterocycles. The van der Waals surface area contributed by atoms with Crippen LogP contribution in [-0.4, -0.2) is 73.2 Å². The molecule has 52 heavy (non-hydrogen) atoms. The number of nitriles is 1. The maximum atomic E-state index is 11.5. The van der Waals surface area contributed by atoms with Crippen LogP contribution in [0.5, 0.6) is 0 Å². The first kappa shape index (κ1) is 33.5. The number of aromatic nitrogens is 3. The van der Waals surface area contributed by atoms with E-state index in [1.165, 1.54) is 0 Å². The summed E-state index contributed by atoms with van der Waals surface area (Å²) in [7, 11) is 0. The molecule has 6 aromatic rings. The van der Waals surface area contributed by atoms with Crippen molar-refractivity contribution in [2.45, 2.75) is 45.9 Å². The summed E-state index contributed by atoms with van der Waals surface area (Å²) in [6.45, 7) is 8.08. The number of aliphatic hydroxyl groups is 1. The maximum Gasteiger partial charge on any atom is 0.307 e. The summed E-state index contributed by atoms with van der Waals surface area (Å²) in [4.78, 5) is 30.1. The van der Waals surface area contributed by atoms with Crippen LogP contribution in [-0.2, 0) is 17.9 Å². The second-order valence-electron chi connectivity index (χ2n) is 14.0. The number of aliphatic hydroxyl groups excluding tert-OH is 1. The first-order valence-electron chi connectivity index (χ1n) is 17.6. The topological polar surface area (TPSA) is 152 Å². The van der Waals surface area contributed by atoms with Crippen LogP contribution in [0.25, 0.3) is 44.6 Å². The minimum Gasteiger partial charge on any atom is -0.481 e. The number of carboxylic acid groups (broad SMARTS) is 1. The highest BCUT2D eigenvalue weighted by atomic mass is 16.4. The van der Waals surface area contributed by atoms with Crippen LogP contribution < -0.4 is 5.32 Å². The van der Waals surface area contributed by atoms with Gasteiger partial charge >= 0.3 is 5.97 Å². The van der Waals surface area contributed by atoms with Gasteiger partial charge in [-0.3, -0.25) is 19.6 Å². The van der Waals surface area contributed by atoms with E-state index in [9.17, 15) is 20.3 Å². The summed E-state index contributed by atoms with van der Waals surface area (Å²) in [5.41, 5.74) is 10.0. The number of hydrogen-bond acceptors (Lipinski definition) is 10. The van der Waals surface area contributed by atoms with Crippen LogP contribution in [0.4, 0.5) is 11.5 Å². The molecule has 3 aromatic carbocycles. The van der Waals surface area contributed by atoms with Crippen molar-refractivity contribution in [2.24, 2.45) is 5.92 Å². The number of nitrogens with zero attached hydrogens (tertiary/aromatic N) is 6. The minimum absolute atomic E-state index is 0.254. The molecule has 2 aliphatic rings. The molecule has 0 aliphatic carbocycles. The van der Waals surface area contributed by atoms with E-state index in [2.05, 4.69) is 58.2 Å². The van der Waals surface area contributed by atoms with E-state index >= 15 is 0 Å². The van der Waals surface area contributed by atoms with Gasteiger partial charge in [0.2, 0.25) is 5.89 Å². The Bertz CT molecular complexity index is 2380. The fourth-order valence-electron chi connectivity index (χ4n) is 7.67. The number of carboxylic acids is 1. The van der Waals surface area contributed by atoms with Gasteiger partial charge in [-0.15, -0.1) is 0 Å². The number of oxazole rings is 1. The van der Waals surface area contributed by atoms with E-state index in [1.807, 2.05) is 48.7 Å². The molecule has 11 heteroatoms. The van der Waals surface area contributed by atoms with Gasteiger partial charge in [0.25, 0.3) is 0 Å². The van der Waals surface area contributed by atoms with Crippen molar-refractivity contribution in [3.8, 4) is 28.7 Å². The van der Waals surface area contributed by atoms with Crippen molar-refractivity contribution in [3.63, 3.8) is 0 Å². The van der Waals surface area contributed by atoms with Gasteiger partial charge in [-0.25, -0.2) is 9.97 Å². The Morgan fingerprint density at radius 3 is 2.50 bits per heavy atom. The van der Waals surface area contributed by atoms with Gasteiger partial charge in [0, 0.05) is 61.8 Å². The molecule has 0 amide bonds. The highest BCUT2D eigenvalue weighted by molar-refractivity contribution is 5.91. The van der Waals surface area contributed by atoms with E-state index in [1.54, 1.807) is 6.20 Å². The molecule has 2 fully saturated rings. The predicted molar refractivity (Wildman–Crippen MR) is 199 cm³/mol. The lowest BCUT2D eigenvalue weighted by molar-refractivity contribution is -0.141. The van der Waals surface area contributed by atoms with E-state index in [4.69, 9.17) is 14.4 Å². The SMILES string of the molecule is Cc1c(Nc2nccc3cc(CN4CC[C@@H](O)C4)cnc23)cccc1-c1cccc(-c2nc3ccc(CN4CC[C@@H](C(=O)O)C4)c(C#N)c3o2)c1C. The largest absolute Gasteiger partial charge is 0.481 e. The summed E-state index contributed by atoms with van der Waals surface area (Å²) in [5, 5.41) is 34.1. The number of β-amino-alcohol motifs (C(OH)–C–C–N with tert-alkyl or cyclic N) is 1. The Morgan fingerprint density at radius 1 is 0.962 bits per heavy atom. The number of fused-ring (bicyclic) bond motifs is 2. The van der Waals surface area contributed by atoms with Crippen molar-refractivity contribution in [1.82, 2.24) is 24.8 Å². The van der Waals surface area contributed by atoms with Crippen molar-refractivity contribution < 1.29 is 19.4 Å². The summed E-state index contributed by atoms with van der Waals surface area (Å²) in [6, 6.07) is 22.4. The van der Waals surface area contributed by atoms with Crippen LogP contribution in [0.2, 0.25) is 0 Å². The highest BCUT2D eigenvalue weighted by Gasteiger charge is 2.29. The average molecular weight is 694 g/mol. The van der Waals surface area contributed by atoms with E-state index in [0.717, 1.165) is 75.0 Å². The summed E-state index contributed by atoms with van der Waals surface area (Å²) in [5.74, 6) is -0.0481. The molecule has 2 saturated heterocycles. The number of anilines is 2. The van der Waals surface area contributed by atoms with Crippen LogP contribution in [0, 0.1) is 31.1 Å². The smallest absolute Gasteiger partial charge is 0.307 e. The monoisotopic (exact) mass is 693 g/mol. The summed E-state index contributed by atoms with van der Waals surface area (Å²) < 4.78 is 6.35. The van der Waals surface area contributed by atoms with Crippen molar-refractivity contribution in [3.05, 3.63) is 101 Å². The third-order valence-electron chi connectivity index (χ3n) is 10.5. The Morgan fingerprint density at radius 2 is 1.73 bits per heavy atom. The van der Waals surface area contributed by atoms with Crippen molar-refractivity contribution >= 4 is 39.5 Å². The third kappa shape index (κ3) is 6.37. The van der Waals surface area contributed by atoms with Gasteiger partial charge in [0.05, 0.1) is 12.0 Å². The molecule has 11 nitrogen and oxygen atoms in total. The minimum atomic E-state index is -0.779. The summed E-state index contributed by atoms with van der Waals surface area (Å²) in [6.07, 6.45) is 4.85. The molecule has 0 spiro atoms. The van der Waals surface area contributed by atoms with Gasteiger partial charge < -0.3 is 19.9 Å². The zero-order chi connectivity index (χ0) is 35.9. The zero-order valence-corrected chi connectivity index (χ0v) is 29.1. The van der Waals surface area contributed by atoms with E-state index < -0.39 is 5.97 Å². The molecule has 0 bridgehead atoms. The molecule has 0 radical (unpaired) electrons. The van der Waals surface area contributed by atoms with Crippen LogP contribution in [0.1, 0.15) is 40.7 Å². The first-order valence-corrected chi connectivity index (χ1v) is 17.6. The van der Waals surface area contributed by atoms with Crippen LogP contribution >= 0.6 is 0 Å². The zero-order valence-electron chi connectivity index (χ0n) is 29.1. The molecule has 3 N–H and O–H groups in total. The molecular formula is C41H39N7O4. The van der Waals surface area contributed by atoms with Crippen molar-refractivity contribution in [2.75, 3.05) is 31.5 Å². The second-order valence-corrected chi connectivity index (χ2v) is 14.0. The molecular weight excluding hydrogens is 654 g/mol. The standard InChI is InChI=1S/C41H39N7O4/c1-24-31(5-3-7-33(24)40-46-36-10-9-28(34(18-42)38(36)52-40)21-48-15-12-29(22-48)41(50)51)32-6-4-8-35(25(32)2)45-39-37-27(11-14-43-39)17-26(19-44-37)20-47-16-13-30(49)23-47/h3-11,14,17,19,29-30,49H,12-13,15-16,20-23H2,1-2H3,(H,43,45)(H,50,51)/t29-,30-/m1/s1. The number of pyridine rings is 2. The van der Waals surface area contributed by atoms with Crippen LogP contribution in [0.15, 0.2) is 77.5 Å². The average Bonchev–Trinajstić information content (AvgIpc) is 3.90. The van der Waals surface area contributed by atoms with E-state index in [0.29, 0.717) is 61.0 Å². The lowest BCUT2D eigenvalue weighted by Gasteiger charge is -2.17. The van der Waals surface area contributed by atoms with Gasteiger partial charge in [0.15, 0.2) is 11.4 Å². The van der Waals surface area contributed by atoms with Gasteiger partial charge in [-0.05, 0) is 96.9 Å². The number of rotatable bonds is 9. The third-order valence-corrected chi connectivity index (χ3v) is 10.5. The normalized spacial score (nSPS) is 18.0. The molecule has 262 valence electrons. The number of aliphatic carboxylic acids is 1. The lowest BCUT2D eigenvalue weighted by Crippen LogP contribution is -2.23. The molecule has 2 aliphatic heterocycles. The molecule has 5 heterocycles. The van der Waals surface area contributed by atoms with Crippen LogP contribution in [0.3, 0.4) is 0 Å². The molecule has 8 rings (SSSR count). The highest BCUT2D eigenvalue weighted by Crippen LogP contribution is 2.38. The number of nitrogens with one attached hydrogen (secondary N) is 1.